The molecule has 1 heterocycles. The number of aryl methyl sites for hydroxylation is 1. The topological polar surface area (TPSA) is 52.0 Å². The first kappa shape index (κ1) is 13.2. The molecule has 0 aliphatic heterocycles. The maximum atomic E-state index is 6.09. The van der Waals surface area contributed by atoms with Gasteiger partial charge in [-0.25, -0.2) is 0 Å². The largest absolute Gasteiger partial charge is 0.380 e. The molecule has 0 bridgehead atoms. The van der Waals surface area contributed by atoms with Gasteiger partial charge in [0.2, 0.25) is 0 Å². The van der Waals surface area contributed by atoms with E-state index in [0.717, 1.165) is 23.3 Å². The lowest BCUT2D eigenvalue weighted by molar-refractivity contribution is 0.269. The highest BCUT2D eigenvalue weighted by atomic mass is 16.5. The fourth-order valence-corrected chi connectivity index (χ4v) is 3.49. The van der Waals surface area contributed by atoms with E-state index in [1.165, 1.54) is 18.4 Å². The van der Waals surface area contributed by atoms with E-state index in [-0.39, 0.29) is 5.41 Å². The van der Waals surface area contributed by atoms with E-state index in [1.807, 2.05) is 12.1 Å². The van der Waals surface area contributed by atoms with E-state index < -0.39 is 0 Å². The molecule has 1 unspecified atom stereocenters. The molecule has 1 aromatic carbocycles. The second-order valence-corrected chi connectivity index (χ2v) is 6.56. The van der Waals surface area contributed by atoms with Gasteiger partial charge in [0, 0.05) is 5.92 Å². The summed E-state index contributed by atoms with van der Waals surface area (Å²) in [6, 6.07) is 8.29. The Morgan fingerprint density at radius 2 is 2.05 bits per heavy atom. The molecule has 2 N–H and O–H groups in total. The molecule has 3 rings (SSSR count). The van der Waals surface area contributed by atoms with Gasteiger partial charge in [-0.15, -0.1) is 0 Å². The number of rotatable bonds is 2. The minimum absolute atomic E-state index is 0.253. The third kappa shape index (κ3) is 2.01. The number of nitrogen functional groups attached to an aromatic ring is 1. The maximum absolute atomic E-state index is 6.09. The molecule has 2 aromatic rings. The summed E-state index contributed by atoms with van der Waals surface area (Å²) in [5.41, 5.74) is 9.70. The summed E-state index contributed by atoms with van der Waals surface area (Å²) >= 11 is 0. The molecule has 1 aromatic heterocycles. The molecule has 1 saturated carbocycles. The van der Waals surface area contributed by atoms with Crippen molar-refractivity contribution in [2.75, 3.05) is 5.73 Å². The van der Waals surface area contributed by atoms with Crippen LogP contribution in [-0.2, 0) is 0 Å². The number of anilines is 1. The summed E-state index contributed by atoms with van der Waals surface area (Å²) in [7, 11) is 0. The Hall–Kier alpha value is -1.77. The number of hydrogen-bond donors (Lipinski definition) is 1. The van der Waals surface area contributed by atoms with Gasteiger partial charge in [-0.05, 0) is 36.3 Å². The van der Waals surface area contributed by atoms with Crippen LogP contribution in [0, 0.1) is 12.3 Å². The minimum Gasteiger partial charge on any atom is -0.380 e. The predicted molar refractivity (Wildman–Crippen MR) is 81.5 cm³/mol. The van der Waals surface area contributed by atoms with Gasteiger partial charge in [-0.1, -0.05) is 49.7 Å². The van der Waals surface area contributed by atoms with E-state index in [2.05, 4.69) is 38.1 Å². The first-order valence-electron chi connectivity index (χ1n) is 7.32. The Labute approximate surface area is 120 Å². The van der Waals surface area contributed by atoms with Gasteiger partial charge in [0.05, 0.1) is 5.56 Å². The van der Waals surface area contributed by atoms with Crippen molar-refractivity contribution in [1.82, 2.24) is 5.16 Å². The van der Waals surface area contributed by atoms with E-state index in [9.17, 15) is 0 Å². The third-order valence-corrected chi connectivity index (χ3v) is 4.73. The lowest BCUT2D eigenvalue weighted by Crippen LogP contribution is -2.15. The molecule has 1 fully saturated rings. The molecular formula is C17H22N2O. The maximum Gasteiger partial charge on any atom is 0.175 e. The van der Waals surface area contributed by atoms with Crippen molar-refractivity contribution in [3.05, 3.63) is 35.6 Å². The summed E-state index contributed by atoms with van der Waals surface area (Å²) in [5, 5.41) is 4.05. The number of benzene rings is 1. The van der Waals surface area contributed by atoms with Crippen LogP contribution in [0.3, 0.4) is 0 Å². The van der Waals surface area contributed by atoms with Crippen LogP contribution in [-0.4, -0.2) is 5.16 Å². The van der Waals surface area contributed by atoms with E-state index >= 15 is 0 Å². The van der Waals surface area contributed by atoms with Gasteiger partial charge >= 0.3 is 0 Å². The lowest BCUT2D eigenvalue weighted by atomic mass is 9.78. The van der Waals surface area contributed by atoms with E-state index in [0.29, 0.717) is 11.7 Å². The lowest BCUT2D eigenvalue weighted by Gasteiger charge is -2.25. The van der Waals surface area contributed by atoms with Gasteiger partial charge in [-0.3, -0.25) is 0 Å². The van der Waals surface area contributed by atoms with Gasteiger partial charge in [0.1, 0.15) is 5.76 Å². The number of nitrogens with two attached hydrogens (primary N) is 1. The number of aromatic nitrogens is 1. The first-order chi connectivity index (χ1) is 9.50. The molecule has 0 saturated heterocycles. The molecular weight excluding hydrogens is 248 g/mol. The van der Waals surface area contributed by atoms with Crippen LogP contribution >= 0.6 is 0 Å². The summed E-state index contributed by atoms with van der Waals surface area (Å²) in [6.07, 6.45) is 3.62. The van der Waals surface area contributed by atoms with E-state index in [4.69, 9.17) is 10.3 Å². The fraction of sp³-hybridized carbons (Fsp3) is 0.471. The molecule has 20 heavy (non-hydrogen) atoms. The van der Waals surface area contributed by atoms with Crippen LogP contribution in [0.25, 0.3) is 11.1 Å². The van der Waals surface area contributed by atoms with Crippen LogP contribution in [0.15, 0.2) is 28.8 Å². The fourth-order valence-electron chi connectivity index (χ4n) is 3.49. The zero-order chi connectivity index (χ0) is 14.3. The monoisotopic (exact) mass is 270 g/mol. The normalized spacial score (nSPS) is 21.2. The summed E-state index contributed by atoms with van der Waals surface area (Å²) in [5.74, 6) is 1.89. The highest BCUT2D eigenvalue weighted by molar-refractivity contribution is 5.78. The number of nitrogens with zero attached hydrogens (tertiary/aromatic N) is 1. The van der Waals surface area contributed by atoms with Crippen molar-refractivity contribution < 1.29 is 4.52 Å². The molecule has 0 spiro atoms. The standard InChI is InChI=1S/C17H22N2O/c1-11-7-4-5-8-12(11)14-15(20-19-16(14)18)13-9-6-10-17(13,2)3/h4-5,7-8,13H,6,9-10H2,1-3H3,(H2,18,19). The van der Waals surface area contributed by atoms with Crippen molar-refractivity contribution in [2.24, 2.45) is 5.41 Å². The van der Waals surface area contributed by atoms with Crippen LogP contribution in [0.4, 0.5) is 5.82 Å². The van der Waals surface area contributed by atoms with Crippen LogP contribution in [0.2, 0.25) is 0 Å². The summed E-state index contributed by atoms with van der Waals surface area (Å²) in [6.45, 7) is 6.72. The zero-order valence-corrected chi connectivity index (χ0v) is 12.4. The molecule has 0 radical (unpaired) electrons. The molecule has 1 aliphatic carbocycles. The first-order valence-corrected chi connectivity index (χ1v) is 7.32. The zero-order valence-electron chi connectivity index (χ0n) is 12.4. The Bertz CT molecular complexity index is 628. The smallest absolute Gasteiger partial charge is 0.175 e. The summed E-state index contributed by atoms with van der Waals surface area (Å²) in [4.78, 5) is 0. The van der Waals surface area contributed by atoms with Crippen molar-refractivity contribution >= 4 is 5.82 Å². The van der Waals surface area contributed by atoms with Gasteiger partial charge in [-0.2, -0.15) is 0 Å². The highest BCUT2D eigenvalue weighted by Crippen LogP contribution is 2.52. The Morgan fingerprint density at radius 1 is 1.30 bits per heavy atom. The van der Waals surface area contributed by atoms with Crippen molar-refractivity contribution in [2.45, 2.75) is 46.0 Å². The van der Waals surface area contributed by atoms with E-state index in [1.54, 1.807) is 0 Å². The number of hydrogen-bond acceptors (Lipinski definition) is 3. The Morgan fingerprint density at radius 3 is 2.70 bits per heavy atom. The quantitative estimate of drug-likeness (QED) is 0.872. The molecule has 106 valence electrons. The Balaban J connectivity index is 2.14. The highest BCUT2D eigenvalue weighted by Gasteiger charge is 2.40. The third-order valence-electron chi connectivity index (χ3n) is 4.73. The average Bonchev–Trinajstić information content (AvgIpc) is 2.93. The molecule has 1 aliphatic rings. The molecule has 1 atom stereocenters. The van der Waals surface area contributed by atoms with Gasteiger partial charge < -0.3 is 10.3 Å². The van der Waals surface area contributed by atoms with Crippen LogP contribution in [0.1, 0.15) is 50.4 Å². The van der Waals surface area contributed by atoms with Crippen LogP contribution < -0.4 is 5.73 Å². The summed E-state index contributed by atoms with van der Waals surface area (Å²) < 4.78 is 5.65. The molecule has 3 heteroatoms. The second kappa shape index (κ2) is 4.65. The minimum atomic E-state index is 0.253. The van der Waals surface area contributed by atoms with Gasteiger partial charge in [0.25, 0.3) is 0 Å². The molecule has 3 nitrogen and oxygen atoms in total. The second-order valence-electron chi connectivity index (χ2n) is 6.56. The van der Waals surface area contributed by atoms with Crippen molar-refractivity contribution in [3.8, 4) is 11.1 Å². The van der Waals surface area contributed by atoms with Crippen molar-refractivity contribution in [1.29, 1.82) is 0 Å². The Kier molecular flexibility index (Phi) is 3.08. The SMILES string of the molecule is Cc1ccccc1-c1c(N)noc1C1CCCC1(C)C. The predicted octanol–water partition coefficient (Wildman–Crippen LogP) is 4.53. The van der Waals surface area contributed by atoms with Crippen LogP contribution in [0.5, 0.6) is 0 Å². The average molecular weight is 270 g/mol. The van der Waals surface area contributed by atoms with Crippen molar-refractivity contribution in [3.63, 3.8) is 0 Å². The molecule has 0 amide bonds. The van der Waals surface area contributed by atoms with Gasteiger partial charge in [0.15, 0.2) is 5.82 Å².